The molecule has 0 aromatic carbocycles. The lowest BCUT2D eigenvalue weighted by Crippen LogP contribution is -2.62. The minimum absolute atomic E-state index is 0.0132. The second-order valence-corrected chi connectivity index (χ2v) is 15.5. The molecule has 2 heterocycles. The molecule has 3 saturated carbocycles. The highest BCUT2D eigenvalue weighted by atomic mass is 16.2. The molecule has 1 saturated heterocycles. The zero-order chi connectivity index (χ0) is 35.3. The van der Waals surface area contributed by atoms with Gasteiger partial charge in [-0.2, -0.15) is 0 Å². The van der Waals surface area contributed by atoms with Crippen LogP contribution in [0, 0.1) is 23.2 Å². The highest BCUT2D eigenvalue weighted by molar-refractivity contribution is 6.38. The van der Waals surface area contributed by atoms with Gasteiger partial charge in [-0.15, -0.1) is 0 Å². The average molecular weight is 680 g/mol. The molecule has 1 aromatic rings. The number of carbonyl (C=O) groups is 6. The molecular formula is C36H53N7O6. The molecule has 1 aliphatic heterocycles. The predicted molar refractivity (Wildman–Crippen MR) is 181 cm³/mol. The van der Waals surface area contributed by atoms with E-state index < -0.39 is 59.0 Å². The normalized spacial score (nSPS) is 24.2. The molecule has 4 N–H and O–H groups in total. The van der Waals surface area contributed by atoms with Crippen molar-refractivity contribution in [2.75, 3.05) is 6.54 Å². The zero-order valence-corrected chi connectivity index (χ0v) is 29.3. The summed E-state index contributed by atoms with van der Waals surface area (Å²) >= 11 is 0. The maximum Gasteiger partial charge on any atom is 0.289 e. The van der Waals surface area contributed by atoms with Gasteiger partial charge in [0.05, 0.1) is 12.2 Å². The van der Waals surface area contributed by atoms with E-state index in [1.807, 2.05) is 27.7 Å². The van der Waals surface area contributed by atoms with Gasteiger partial charge in [-0.1, -0.05) is 59.8 Å². The minimum Gasteiger partial charge on any atom is -0.347 e. The van der Waals surface area contributed by atoms with Gasteiger partial charge in [0.2, 0.25) is 23.5 Å². The molecule has 6 atom stereocenters. The van der Waals surface area contributed by atoms with Crippen molar-refractivity contribution < 1.29 is 28.8 Å². The van der Waals surface area contributed by atoms with E-state index in [1.54, 1.807) is 4.90 Å². The lowest BCUT2D eigenvalue weighted by molar-refractivity contribution is -0.146. The number of aromatic nitrogens is 2. The molecule has 1 unspecified atom stereocenters. The van der Waals surface area contributed by atoms with Crippen LogP contribution in [0.2, 0.25) is 0 Å². The van der Waals surface area contributed by atoms with E-state index in [0.29, 0.717) is 19.4 Å². The molecule has 0 spiro atoms. The van der Waals surface area contributed by atoms with Crippen LogP contribution in [0.1, 0.15) is 115 Å². The number of hydrogen-bond donors (Lipinski definition) is 4. The number of hydrogen-bond acceptors (Lipinski definition) is 8. The molecule has 0 bridgehead atoms. The van der Waals surface area contributed by atoms with E-state index >= 15 is 0 Å². The summed E-state index contributed by atoms with van der Waals surface area (Å²) in [5.74, 6) is -3.20. The molecule has 3 aliphatic carbocycles. The summed E-state index contributed by atoms with van der Waals surface area (Å²) in [6.07, 6.45) is 13.9. The van der Waals surface area contributed by atoms with Gasteiger partial charge in [0, 0.05) is 25.0 Å². The Hall–Kier alpha value is -3.90. The summed E-state index contributed by atoms with van der Waals surface area (Å²) in [6, 6.07) is -3.68. The van der Waals surface area contributed by atoms with Crippen LogP contribution in [0.5, 0.6) is 0 Å². The summed E-state index contributed by atoms with van der Waals surface area (Å²) in [6.45, 7) is 7.85. The Morgan fingerprint density at radius 2 is 1.63 bits per heavy atom. The largest absolute Gasteiger partial charge is 0.347 e. The Bertz CT molecular complexity index is 1390. The number of Topliss-reactive ketones (excluding diaryl/α,β-unsaturated/α-hetero) is 1. The van der Waals surface area contributed by atoms with Crippen molar-refractivity contribution in [1.29, 1.82) is 0 Å². The second-order valence-electron chi connectivity index (χ2n) is 15.5. The van der Waals surface area contributed by atoms with Crippen LogP contribution in [-0.4, -0.2) is 86.9 Å². The Labute approximate surface area is 288 Å². The van der Waals surface area contributed by atoms with Crippen LogP contribution in [0.3, 0.4) is 0 Å². The number of rotatable bonds is 13. The highest BCUT2D eigenvalue weighted by Crippen LogP contribution is 2.43. The standard InChI is InChI=1S/C36H53N7O6/c1-5-10-25(29(44)34(48)39-23-15-16-23)40-33(47)28-24-14-9-13-22(24)20-43(28)35(49)30(36(2,3)4)42-32(46)27(21-11-7-6-8-12-21)41-31(45)26-19-37-17-18-38-26/h17-19,21-25,27-28,30H,5-16,20H2,1-4H3,(H,39,48)(H,40,47)(H,41,45)(H,42,46)/t22-,24-,25+,27-,28+,30?/m1/s1. The van der Waals surface area contributed by atoms with Gasteiger partial charge < -0.3 is 26.2 Å². The van der Waals surface area contributed by atoms with Gasteiger partial charge >= 0.3 is 0 Å². The monoisotopic (exact) mass is 679 g/mol. The number of carbonyl (C=O) groups excluding carboxylic acids is 6. The lowest BCUT2D eigenvalue weighted by atomic mass is 9.82. The maximum atomic E-state index is 14.6. The summed E-state index contributed by atoms with van der Waals surface area (Å²) in [5.41, 5.74) is -0.638. The summed E-state index contributed by atoms with van der Waals surface area (Å²) in [5, 5.41) is 11.5. The van der Waals surface area contributed by atoms with E-state index in [9.17, 15) is 28.8 Å². The van der Waals surface area contributed by atoms with Crippen LogP contribution in [0.4, 0.5) is 0 Å². The van der Waals surface area contributed by atoms with Crippen molar-refractivity contribution in [1.82, 2.24) is 36.1 Å². The topological polar surface area (TPSA) is 180 Å². The molecule has 268 valence electrons. The fourth-order valence-corrected chi connectivity index (χ4v) is 7.87. The SMILES string of the molecule is CCC[C@H](NC(=O)[C@@H]1[C@@H]2CCC[C@@H]2CN1C(=O)C(NC(=O)[C@H](NC(=O)c1cnccn1)C1CCCCC1)C(C)(C)C)C(=O)C(=O)NC1CC1. The first-order valence-corrected chi connectivity index (χ1v) is 18.2. The zero-order valence-electron chi connectivity index (χ0n) is 29.3. The number of nitrogens with one attached hydrogen (secondary N) is 4. The third-order valence-corrected chi connectivity index (χ3v) is 10.7. The third-order valence-electron chi connectivity index (χ3n) is 10.7. The van der Waals surface area contributed by atoms with Crippen molar-refractivity contribution in [3.05, 3.63) is 24.3 Å². The van der Waals surface area contributed by atoms with Gasteiger partial charge in [-0.25, -0.2) is 4.98 Å². The Kier molecular flexibility index (Phi) is 11.7. The van der Waals surface area contributed by atoms with Gasteiger partial charge in [-0.3, -0.25) is 33.8 Å². The van der Waals surface area contributed by atoms with E-state index in [0.717, 1.165) is 64.2 Å². The fraction of sp³-hybridized carbons (Fsp3) is 0.722. The van der Waals surface area contributed by atoms with E-state index in [-0.39, 0.29) is 35.4 Å². The van der Waals surface area contributed by atoms with E-state index in [4.69, 9.17) is 0 Å². The quantitative estimate of drug-likeness (QED) is 0.230. The predicted octanol–water partition coefficient (Wildman–Crippen LogP) is 2.45. The molecule has 4 fully saturated rings. The first-order chi connectivity index (χ1) is 23.4. The summed E-state index contributed by atoms with van der Waals surface area (Å²) < 4.78 is 0. The summed E-state index contributed by atoms with van der Waals surface area (Å²) in [4.78, 5) is 91.4. The van der Waals surface area contributed by atoms with Crippen LogP contribution in [-0.2, 0) is 24.0 Å². The molecule has 13 nitrogen and oxygen atoms in total. The highest BCUT2D eigenvalue weighted by Gasteiger charge is 2.52. The van der Waals surface area contributed by atoms with Crippen LogP contribution in [0.25, 0.3) is 0 Å². The maximum absolute atomic E-state index is 14.6. The van der Waals surface area contributed by atoms with Crippen LogP contribution in [0.15, 0.2) is 18.6 Å². The molecule has 5 amide bonds. The molecule has 1 aromatic heterocycles. The molecule has 0 radical (unpaired) electrons. The van der Waals surface area contributed by atoms with Crippen molar-refractivity contribution >= 4 is 35.3 Å². The Morgan fingerprint density at radius 3 is 2.27 bits per heavy atom. The number of ketones is 1. The second kappa shape index (κ2) is 15.8. The smallest absolute Gasteiger partial charge is 0.289 e. The molecule has 5 rings (SSSR count). The first-order valence-electron chi connectivity index (χ1n) is 18.2. The van der Waals surface area contributed by atoms with Crippen LogP contribution >= 0.6 is 0 Å². The molecule has 13 heteroatoms. The lowest BCUT2D eigenvalue weighted by Gasteiger charge is -2.38. The average Bonchev–Trinajstić information content (AvgIpc) is 3.65. The van der Waals surface area contributed by atoms with Crippen molar-refractivity contribution in [2.45, 2.75) is 135 Å². The number of nitrogens with zero attached hydrogens (tertiary/aromatic N) is 3. The van der Waals surface area contributed by atoms with Gasteiger partial charge in [0.15, 0.2) is 0 Å². The molecular weight excluding hydrogens is 626 g/mol. The minimum atomic E-state index is -0.994. The summed E-state index contributed by atoms with van der Waals surface area (Å²) in [7, 11) is 0. The fourth-order valence-electron chi connectivity index (χ4n) is 7.87. The van der Waals surface area contributed by atoms with Gasteiger partial charge in [-0.05, 0) is 68.1 Å². The Balaban J connectivity index is 1.36. The number of fused-ring (bicyclic) bond motifs is 1. The molecule has 4 aliphatic rings. The number of amides is 5. The third kappa shape index (κ3) is 8.83. The molecule has 49 heavy (non-hydrogen) atoms. The van der Waals surface area contributed by atoms with Gasteiger partial charge in [0.1, 0.15) is 23.8 Å². The van der Waals surface area contributed by atoms with E-state index in [2.05, 4.69) is 31.2 Å². The van der Waals surface area contributed by atoms with Crippen molar-refractivity contribution in [2.24, 2.45) is 23.2 Å². The number of likely N-dealkylation sites (tertiary alicyclic amines) is 1. The van der Waals surface area contributed by atoms with Crippen LogP contribution < -0.4 is 21.3 Å². The Morgan fingerprint density at radius 1 is 0.898 bits per heavy atom. The van der Waals surface area contributed by atoms with Crippen molar-refractivity contribution in [3.8, 4) is 0 Å². The van der Waals surface area contributed by atoms with E-state index in [1.165, 1.54) is 18.6 Å². The van der Waals surface area contributed by atoms with Gasteiger partial charge in [0.25, 0.3) is 11.8 Å². The van der Waals surface area contributed by atoms with Crippen molar-refractivity contribution in [3.63, 3.8) is 0 Å². The first kappa shape index (κ1) is 36.4.